The molecule has 1 aliphatic heterocycles. The summed E-state index contributed by atoms with van der Waals surface area (Å²) in [6.07, 6.45) is 0.214. The lowest BCUT2D eigenvalue weighted by atomic mass is 10.1. The Hall–Kier alpha value is 0.0100. The van der Waals surface area contributed by atoms with Crippen LogP contribution in [0.3, 0.4) is 0 Å². The van der Waals surface area contributed by atoms with Gasteiger partial charge in [-0.3, -0.25) is 0 Å². The van der Waals surface area contributed by atoms with Crippen LogP contribution in [0.2, 0.25) is 0 Å². The Kier molecular flexibility index (Phi) is 4.04. The summed E-state index contributed by atoms with van der Waals surface area (Å²) in [7, 11) is 2.09. The molecule has 1 aliphatic rings. The highest BCUT2D eigenvalue weighted by Crippen LogP contribution is 2.30. The highest BCUT2D eigenvalue weighted by atomic mass is 31.0. The molecular weight excluding hydrogens is 203 g/mol. The molecule has 2 unspecified atom stereocenters. The second-order valence-corrected chi connectivity index (χ2v) is 4.03. The van der Waals surface area contributed by atoms with Crippen LogP contribution >= 0.6 is 9.47 Å². The molecule has 1 saturated heterocycles. The summed E-state index contributed by atoms with van der Waals surface area (Å²) in [6.45, 7) is 7.44. The van der Waals surface area contributed by atoms with Crippen molar-refractivity contribution in [3.8, 4) is 0 Å². The van der Waals surface area contributed by atoms with E-state index in [-0.39, 0.29) is 12.7 Å². The summed E-state index contributed by atoms with van der Waals surface area (Å²) in [5, 5.41) is 9.69. The fourth-order valence-corrected chi connectivity index (χ4v) is 1.69. The molecule has 0 saturated carbocycles. The lowest BCUT2D eigenvalue weighted by molar-refractivity contribution is -0.155. The minimum Gasteiger partial charge on any atom is -0.388 e. The van der Waals surface area contributed by atoms with E-state index in [4.69, 9.17) is 14.0 Å². The van der Waals surface area contributed by atoms with Crippen molar-refractivity contribution in [1.29, 1.82) is 0 Å². The lowest BCUT2D eigenvalue weighted by Gasteiger charge is -2.20. The molecular formula is C9H17O4P. The van der Waals surface area contributed by atoms with Gasteiger partial charge in [-0.15, -0.1) is 6.58 Å². The normalized spacial score (nSPS) is 32.9. The monoisotopic (exact) mass is 220 g/mol. The molecule has 1 fully saturated rings. The van der Waals surface area contributed by atoms with Crippen LogP contribution in [0.25, 0.3) is 0 Å². The third-order valence-corrected chi connectivity index (χ3v) is 2.23. The zero-order chi connectivity index (χ0) is 10.8. The molecule has 4 atom stereocenters. The quantitative estimate of drug-likeness (QED) is 0.564. The van der Waals surface area contributed by atoms with Crippen molar-refractivity contribution >= 4 is 9.47 Å². The second-order valence-electron chi connectivity index (χ2n) is 3.70. The number of aliphatic hydroxyl groups is 1. The van der Waals surface area contributed by atoms with Crippen molar-refractivity contribution in [3.63, 3.8) is 0 Å². The minimum atomic E-state index is -0.711. The largest absolute Gasteiger partial charge is 0.388 e. The Morgan fingerprint density at radius 2 is 2.29 bits per heavy atom. The average Bonchev–Trinajstić information content (AvgIpc) is 2.41. The summed E-state index contributed by atoms with van der Waals surface area (Å²) in [5.74, 6) is -0.675. The predicted octanol–water partition coefficient (Wildman–Crippen LogP) is 0.860. The number of aliphatic hydroxyl groups excluding tert-OH is 1. The van der Waals surface area contributed by atoms with E-state index in [0.29, 0.717) is 0 Å². The number of ether oxygens (including phenoxy) is 2. The van der Waals surface area contributed by atoms with E-state index in [1.165, 1.54) is 0 Å². The lowest BCUT2D eigenvalue weighted by Crippen LogP contribution is -2.37. The molecule has 1 N–H and O–H groups in total. The maximum atomic E-state index is 9.69. The van der Waals surface area contributed by atoms with E-state index in [1.807, 2.05) is 0 Å². The van der Waals surface area contributed by atoms with Gasteiger partial charge in [-0.25, -0.2) is 0 Å². The van der Waals surface area contributed by atoms with Crippen LogP contribution in [-0.4, -0.2) is 35.8 Å². The maximum Gasteiger partial charge on any atom is 0.164 e. The van der Waals surface area contributed by atoms with Gasteiger partial charge in [0.2, 0.25) is 0 Å². The average molecular weight is 220 g/mol. The molecule has 82 valence electrons. The first-order valence-electron chi connectivity index (χ1n) is 4.48. The molecule has 0 amide bonds. The molecule has 1 rings (SSSR count). The molecule has 0 bridgehead atoms. The van der Waals surface area contributed by atoms with E-state index in [9.17, 15) is 5.11 Å². The Balaban J connectivity index is 2.63. The maximum absolute atomic E-state index is 9.69. The molecule has 0 aromatic carbocycles. The van der Waals surface area contributed by atoms with Gasteiger partial charge >= 0.3 is 0 Å². The Morgan fingerprint density at radius 1 is 1.64 bits per heavy atom. The van der Waals surface area contributed by atoms with Gasteiger partial charge in [-0.05, 0) is 13.8 Å². The fourth-order valence-electron chi connectivity index (χ4n) is 1.49. The van der Waals surface area contributed by atoms with Gasteiger partial charge in [-0.2, -0.15) is 0 Å². The minimum absolute atomic E-state index is 0.194. The van der Waals surface area contributed by atoms with Gasteiger partial charge in [0.15, 0.2) is 5.79 Å². The van der Waals surface area contributed by atoms with E-state index in [2.05, 4.69) is 16.0 Å². The van der Waals surface area contributed by atoms with Crippen molar-refractivity contribution in [3.05, 3.63) is 12.7 Å². The van der Waals surface area contributed by atoms with Gasteiger partial charge in [0.25, 0.3) is 0 Å². The number of hydrogen-bond acceptors (Lipinski definition) is 4. The fraction of sp³-hybridized carbons (Fsp3) is 0.778. The summed E-state index contributed by atoms with van der Waals surface area (Å²) in [6, 6.07) is 0. The first kappa shape index (κ1) is 12.1. The molecule has 0 radical (unpaired) electrons. The van der Waals surface area contributed by atoms with Crippen LogP contribution in [0.15, 0.2) is 12.7 Å². The van der Waals surface area contributed by atoms with Crippen LogP contribution < -0.4 is 0 Å². The van der Waals surface area contributed by atoms with Crippen molar-refractivity contribution in [2.45, 2.75) is 37.9 Å². The molecule has 4 nitrogen and oxygen atoms in total. The molecule has 0 aromatic rings. The highest BCUT2D eigenvalue weighted by Gasteiger charge is 2.43. The Morgan fingerprint density at radius 3 is 2.79 bits per heavy atom. The number of rotatable bonds is 4. The van der Waals surface area contributed by atoms with E-state index in [1.54, 1.807) is 19.9 Å². The predicted molar refractivity (Wildman–Crippen MR) is 55.7 cm³/mol. The van der Waals surface area contributed by atoms with E-state index >= 15 is 0 Å². The van der Waals surface area contributed by atoms with Crippen LogP contribution in [-0.2, 0) is 14.0 Å². The third-order valence-electron chi connectivity index (χ3n) is 2.04. The van der Waals surface area contributed by atoms with Crippen LogP contribution in [0, 0.1) is 0 Å². The number of hydrogen-bond donors (Lipinski definition) is 1. The Bertz CT molecular complexity index is 207. The first-order chi connectivity index (χ1) is 6.50. The molecule has 0 aromatic heterocycles. The summed E-state index contributed by atoms with van der Waals surface area (Å²) in [5.41, 5.74) is 0. The van der Waals surface area contributed by atoms with Crippen LogP contribution in [0.1, 0.15) is 13.8 Å². The zero-order valence-corrected chi connectivity index (χ0v) is 9.63. The van der Waals surface area contributed by atoms with Crippen molar-refractivity contribution in [2.75, 3.05) is 6.61 Å². The summed E-state index contributed by atoms with van der Waals surface area (Å²) in [4.78, 5) is 0. The van der Waals surface area contributed by atoms with Gasteiger partial charge < -0.3 is 19.1 Å². The van der Waals surface area contributed by atoms with Crippen molar-refractivity contribution in [2.24, 2.45) is 0 Å². The molecule has 5 heteroatoms. The smallest absolute Gasteiger partial charge is 0.164 e. The Labute approximate surface area is 86.5 Å². The summed E-state index contributed by atoms with van der Waals surface area (Å²) < 4.78 is 15.8. The van der Waals surface area contributed by atoms with Gasteiger partial charge in [-0.1, -0.05) is 6.08 Å². The van der Waals surface area contributed by atoms with E-state index in [0.717, 1.165) is 0 Å². The topological polar surface area (TPSA) is 47.9 Å². The third kappa shape index (κ3) is 2.75. The van der Waals surface area contributed by atoms with Gasteiger partial charge in [0.05, 0.1) is 6.61 Å². The summed E-state index contributed by atoms with van der Waals surface area (Å²) >= 11 is 0. The molecule has 0 spiro atoms. The molecule has 1 heterocycles. The van der Waals surface area contributed by atoms with Crippen LogP contribution in [0.4, 0.5) is 0 Å². The molecule has 14 heavy (non-hydrogen) atoms. The van der Waals surface area contributed by atoms with Crippen molar-refractivity contribution in [1.82, 2.24) is 0 Å². The van der Waals surface area contributed by atoms with Gasteiger partial charge in [0, 0.05) is 9.47 Å². The SMILES string of the molecule is C=CC1OC(C)(C)O[C@@H]1[C@H](O)COP. The van der Waals surface area contributed by atoms with Gasteiger partial charge in [0.1, 0.15) is 18.3 Å². The van der Waals surface area contributed by atoms with E-state index < -0.39 is 18.0 Å². The first-order valence-corrected chi connectivity index (χ1v) is 4.95. The van der Waals surface area contributed by atoms with Crippen LogP contribution in [0.5, 0.6) is 0 Å². The molecule has 0 aliphatic carbocycles. The second kappa shape index (κ2) is 4.69. The standard InChI is InChI=1S/C9H17O4P/c1-4-7-8(6(10)5-11-14)13-9(2,3)12-7/h4,6-8,10H,1,5,14H2,2-3H3/t6-,7?,8-/m1/s1. The van der Waals surface area contributed by atoms with Crippen molar-refractivity contribution < 1.29 is 19.1 Å². The zero-order valence-electron chi connectivity index (χ0n) is 8.47. The highest BCUT2D eigenvalue weighted by molar-refractivity contribution is 7.09.